The topological polar surface area (TPSA) is 227 Å². The van der Waals surface area contributed by atoms with E-state index in [-0.39, 0.29) is 66.8 Å². The highest BCUT2D eigenvalue weighted by Crippen LogP contribution is 2.33. The molecule has 2 fully saturated rings. The molecule has 3 amide bonds. The highest BCUT2D eigenvalue weighted by molar-refractivity contribution is 6.10. The summed E-state index contributed by atoms with van der Waals surface area (Å²) in [4.78, 5) is 87.3. The number of nitrogens with zero attached hydrogens (tertiary/aromatic N) is 7. The number of amides is 3. The van der Waals surface area contributed by atoms with Crippen LogP contribution < -0.4 is 37.0 Å². The number of aryl methyl sites for hydroxylation is 2. The third-order valence-electron chi connectivity index (χ3n) is 12.4. The Bertz CT molecular complexity index is 2660. The van der Waals surface area contributed by atoms with E-state index < -0.39 is 0 Å². The molecule has 2 aliphatic heterocycles. The van der Waals surface area contributed by atoms with Crippen molar-refractivity contribution < 1.29 is 28.7 Å². The van der Waals surface area contributed by atoms with Crippen molar-refractivity contribution in [2.45, 2.75) is 65.3 Å². The van der Waals surface area contributed by atoms with Gasteiger partial charge in [0.2, 0.25) is 17.8 Å². The lowest BCUT2D eigenvalue weighted by atomic mass is 10.0. The second-order valence-electron chi connectivity index (χ2n) is 17.2. The van der Waals surface area contributed by atoms with Gasteiger partial charge in [-0.1, -0.05) is 18.9 Å². The number of ketones is 1. The lowest BCUT2D eigenvalue weighted by Gasteiger charge is -2.35. The molecule has 0 spiro atoms. The first-order valence-electron chi connectivity index (χ1n) is 23.0. The minimum atomic E-state index is -0.357. The maximum absolute atomic E-state index is 13.6. The van der Waals surface area contributed by atoms with Gasteiger partial charge in [0.15, 0.2) is 5.78 Å². The Labute approximate surface area is 388 Å². The number of carbonyl (C=O) groups excluding carboxylic acids is 4. The fourth-order valence-electron chi connectivity index (χ4n) is 8.82. The molecule has 4 aromatic heterocycles. The Morgan fingerprint density at radius 3 is 2.33 bits per heavy atom. The molecule has 6 heterocycles. The molecule has 0 unspecified atom stereocenters. The van der Waals surface area contributed by atoms with E-state index in [9.17, 15) is 24.0 Å². The Balaban J connectivity index is 0.705. The first-order valence-corrected chi connectivity index (χ1v) is 23.0. The Hall–Kier alpha value is -6.83. The van der Waals surface area contributed by atoms with E-state index in [2.05, 4.69) is 51.3 Å². The molecule has 1 saturated heterocycles. The molecule has 1 aromatic carbocycles. The Morgan fingerprint density at radius 1 is 0.836 bits per heavy atom. The number of benzene rings is 1. The van der Waals surface area contributed by atoms with Crippen LogP contribution >= 0.6 is 0 Å². The molecule has 67 heavy (non-hydrogen) atoms. The third-order valence-corrected chi connectivity index (χ3v) is 12.4. The maximum Gasteiger partial charge on any atom is 0.263 e. The molecular weight excluding hydrogens is 857 g/mol. The van der Waals surface area contributed by atoms with Crippen LogP contribution in [0.4, 0.5) is 34.6 Å². The van der Waals surface area contributed by atoms with Gasteiger partial charge in [-0.3, -0.25) is 33.4 Å². The van der Waals surface area contributed by atoms with E-state index >= 15 is 0 Å². The fourth-order valence-corrected chi connectivity index (χ4v) is 8.82. The predicted molar refractivity (Wildman–Crippen MR) is 256 cm³/mol. The van der Waals surface area contributed by atoms with Gasteiger partial charge in [0, 0.05) is 68.8 Å². The summed E-state index contributed by atoms with van der Waals surface area (Å²) in [6.45, 7) is 10.5. The van der Waals surface area contributed by atoms with Crippen LogP contribution in [-0.4, -0.2) is 125 Å². The van der Waals surface area contributed by atoms with Crippen LogP contribution in [0, 0.1) is 13.8 Å². The van der Waals surface area contributed by atoms with E-state index in [1.54, 1.807) is 42.2 Å². The molecule has 1 aliphatic carbocycles. The summed E-state index contributed by atoms with van der Waals surface area (Å²) in [5.41, 5.74) is 5.65. The lowest BCUT2D eigenvalue weighted by Crippen LogP contribution is -2.49. The predicted octanol–water partition coefficient (Wildman–Crippen LogP) is 4.78. The molecule has 8 rings (SSSR count). The number of rotatable bonds is 19. The second kappa shape index (κ2) is 21.6. The largest absolute Gasteiger partial charge is 0.384 e. The molecule has 5 aromatic rings. The first kappa shape index (κ1) is 46.7. The number of piperazine rings is 1. The molecule has 19 heteroatoms. The average Bonchev–Trinajstić information content (AvgIpc) is 4.02. The summed E-state index contributed by atoms with van der Waals surface area (Å²) in [5.74, 6) is 0.331. The van der Waals surface area contributed by atoms with Crippen LogP contribution in [0.2, 0.25) is 0 Å². The smallest absolute Gasteiger partial charge is 0.263 e. The molecule has 5 N–H and O–H groups in total. The van der Waals surface area contributed by atoms with Crippen LogP contribution in [0.25, 0.3) is 11.0 Å². The third kappa shape index (κ3) is 11.6. The second-order valence-corrected chi connectivity index (χ2v) is 17.2. The number of anilines is 6. The number of Topliss-reactive ketones (excluding diaryl/α,β-unsaturated/α-hetero) is 1. The van der Waals surface area contributed by atoms with Crippen LogP contribution in [0.5, 0.6) is 0 Å². The Kier molecular flexibility index (Phi) is 15.1. The summed E-state index contributed by atoms with van der Waals surface area (Å²) < 4.78 is 12.9. The number of fused-ring (bicyclic) bond motifs is 2. The fraction of sp³-hybridized carbons (Fsp3) is 0.438. The van der Waals surface area contributed by atoms with Gasteiger partial charge >= 0.3 is 0 Å². The van der Waals surface area contributed by atoms with Crippen molar-refractivity contribution in [2.24, 2.45) is 0 Å². The average molecular weight is 915 g/mol. The van der Waals surface area contributed by atoms with Crippen LogP contribution in [0.15, 0.2) is 59.8 Å². The summed E-state index contributed by atoms with van der Waals surface area (Å²) in [5, 5.41) is 15.8. The van der Waals surface area contributed by atoms with Gasteiger partial charge in [0.1, 0.15) is 17.3 Å². The van der Waals surface area contributed by atoms with E-state index in [0.717, 1.165) is 74.2 Å². The van der Waals surface area contributed by atoms with Gasteiger partial charge in [0.25, 0.3) is 11.5 Å². The molecule has 0 bridgehead atoms. The monoisotopic (exact) mass is 914 g/mol. The summed E-state index contributed by atoms with van der Waals surface area (Å²) in [6.07, 6.45) is 9.82. The molecule has 0 atom stereocenters. The van der Waals surface area contributed by atoms with Crippen LogP contribution in [0.3, 0.4) is 0 Å². The first-order chi connectivity index (χ1) is 32.5. The van der Waals surface area contributed by atoms with E-state index in [4.69, 9.17) is 14.5 Å². The van der Waals surface area contributed by atoms with E-state index in [1.807, 2.05) is 31.2 Å². The molecule has 0 radical (unpaired) electrons. The maximum atomic E-state index is 13.6. The number of ether oxygens (including phenoxy) is 2. The molecule has 3 aliphatic rings. The molecule has 1 saturated carbocycles. The standard InChI is InChI=1S/C48H58N12O7/c1-30-8-10-40(51-26-30)55-46(64)36-24-33-12-14-49-38(33)25-39(36)54-42(62)13-20-66-22-23-67-21-15-50-43(63)29-58-16-18-59(19-17-58)35-9-11-41(52-27-35)56-48-53-28-37-31(2)44(32(3)61)47(65)60(45(37)57-48)34-6-4-5-7-34/h8-11,24-28,34,49H,4-7,12-23,29H2,1-3H3,(H,50,63)(H,54,62)(H,51,55,64)(H,52,53,56,57). The summed E-state index contributed by atoms with van der Waals surface area (Å²) in [7, 11) is 0. The van der Waals surface area contributed by atoms with Gasteiger partial charge in [-0.05, 0) is 87.1 Å². The van der Waals surface area contributed by atoms with E-state index in [0.29, 0.717) is 78.3 Å². The van der Waals surface area contributed by atoms with Crippen molar-refractivity contribution in [3.63, 3.8) is 0 Å². The minimum absolute atomic E-state index is 0.00767. The molecule has 352 valence electrons. The van der Waals surface area contributed by atoms with Gasteiger partial charge in [-0.15, -0.1) is 0 Å². The van der Waals surface area contributed by atoms with Crippen molar-refractivity contribution >= 4 is 69.2 Å². The summed E-state index contributed by atoms with van der Waals surface area (Å²) in [6, 6.07) is 11.0. The Morgan fingerprint density at radius 2 is 1.60 bits per heavy atom. The SMILES string of the molecule is CC(=O)c1c(C)c2cnc(Nc3ccc(N4CCN(CC(=O)NCCOCCOCCC(=O)Nc5cc6c(cc5C(=O)Nc5ccc(C)cn5)CCN6)CC4)cn3)nc2n(C2CCCC2)c1=O. The highest BCUT2D eigenvalue weighted by atomic mass is 16.5. The number of pyridine rings is 3. The van der Waals surface area contributed by atoms with Crippen molar-refractivity contribution in [1.29, 1.82) is 0 Å². The normalized spacial score (nSPS) is 15.0. The van der Waals surface area contributed by atoms with Crippen LogP contribution in [-0.2, 0) is 25.5 Å². The summed E-state index contributed by atoms with van der Waals surface area (Å²) >= 11 is 0. The van der Waals surface area contributed by atoms with Gasteiger partial charge in [0.05, 0.1) is 68.1 Å². The number of aromatic nitrogens is 5. The zero-order valence-electron chi connectivity index (χ0n) is 38.3. The quantitative estimate of drug-likeness (QED) is 0.0555. The van der Waals surface area contributed by atoms with Gasteiger partial charge < -0.3 is 41.0 Å². The minimum Gasteiger partial charge on any atom is -0.384 e. The van der Waals surface area contributed by atoms with E-state index in [1.165, 1.54) is 6.92 Å². The molecule has 19 nitrogen and oxygen atoms in total. The highest BCUT2D eigenvalue weighted by Gasteiger charge is 2.27. The molecular formula is C48H58N12O7. The van der Waals surface area contributed by atoms with Gasteiger partial charge in [-0.25, -0.2) is 15.0 Å². The number of hydrogen-bond acceptors (Lipinski definition) is 15. The number of hydrogen-bond donors (Lipinski definition) is 5. The van der Waals surface area contributed by atoms with Crippen LogP contribution in [0.1, 0.15) is 82.5 Å². The van der Waals surface area contributed by atoms with Crippen molar-refractivity contribution in [3.8, 4) is 0 Å². The lowest BCUT2D eigenvalue weighted by molar-refractivity contribution is -0.122. The van der Waals surface area contributed by atoms with Crippen molar-refractivity contribution in [3.05, 3.63) is 93.2 Å². The number of carbonyl (C=O) groups is 4. The van der Waals surface area contributed by atoms with Gasteiger partial charge in [-0.2, -0.15) is 4.98 Å². The zero-order valence-corrected chi connectivity index (χ0v) is 38.3. The number of nitrogens with one attached hydrogen (secondary N) is 5. The van der Waals surface area contributed by atoms with Crippen molar-refractivity contribution in [2.75, 3.05) is 98.4 Å². The zero-order chi connectivity index (χ0) is 46.9. The van der Waals surface area contributed by atoms with Crippen molar-refractivity contribution in [1.82, 2.24) is 34.7 Å².